The van der Waals surface area contributed by atoms with Gasteiger partial charge in [-0.05, 0) is 12.1 Å². The van der Waals surface area contributed by atoms with Crippen molar-refractivity contribution in [3.63, 3.8) is 0 Å². The Hall–Kier alpha value is -1.40. The fourth-order valence-corrected chi connectivity index (χ4v) is 1.72. The summed E-state index contributed by atoms with van der Waals surface area (Å²) < 4.78 is 62.3. The summed E-state index contributed by atoms with van der Waals surface area (Å²) >= 11 is 0. The normalized spacial score (nSPS) is 17.4. The van der Waals surface area contributed by atoms with Crippen molar-refractivity contribution in [1.82, 2.24) is 4.98 Å². The van der Waals surface area contributed by atoms with E-state index in [9.17, 15) is 22.0 Å². The monoisotopic (exact) mass is 252 g/mol. The Bertz CT molecular complexity index is 398. The third-order valence-corrected chi connectivity index (χ3v) is 2.66. The second-order valence-electron chi connectivity index (χ2n) is 3.87. The summed E-state index contributed by atoms with van der Waals surface area (Å²) in [5.41, 5.74) is -0.882. The molecule has 0 saturated carbocycles. The van der Waals surface area contributed by atoms with Crippen molar-refractivity contribution in [2.24, 2.45) is 5.92 Å². The van der Waals surface area contributed by atoms with Crippen LogP contribution in [-0.4, -0.2) is 24.5 Å². The van der Waals surface area contributed by atoms with Crippen molar-refractivity contribution >= 4 is 5.82 Å². The maximum absolute atomic E-state index is 12.6. The van der Waals surface area contributed by atoms with Crippen LogP contribution in [0, 0.1) is 5.92 Å². The van der Waals surface area contributed by atoms with Crippen molar-refractivity contribution in [2.75, 3.05) is 18.0 Å². The first kappa shape index (κ1) is 12.1. The fraction of sp³-hybridized carbons (Fsp3) is 0.500. The standard InChI is InChI=1S/C10H9F5N2/c11-8(12)6-4-17(5-6)9-7(10(13,14)15)2-1-3-16-9/h1-3,6,8H,4-5H2. The number of nitrogens with zero attached hydrogens (tertiary/aromatic N) is 2. The zero-order chi connectivity index (χ0) is 12.6. The van der Waals surface area contributed by atoms with Crippen molar-refractivity contribution in [1.29, 1.82) is 0 Å². The van der Waals surface area contributed by atoms with Crippen molar-refractivity contribution < 1.29 is 22.0 Å². The highest BCUT2D eigenvalue weighted by atomic mass is 19.4. The predicted octanol–water partition coefficient (Wildman–Crippen LogP) is 2.80. The van der Waals surface area contributed by atoms with Crippen molar-refractivity contribution in [3.8, 4) is 0 Å². The van der Waals surface area contributed by atoms with E-state index in [1.54, 1.807) is 0 Å². The third kappa shape index (κ3) is 2.32. The van der Waals surface area contributed by atoms with Crippen LogP contribution in [0.15, 0.2) is 18.3 Å². The maximum atomic E-state index is 12.6. The van der Waals surface area contributed by atoms with E-state index in [2.05, 4.69) is 4.98 Å². The Kier molecular flexibility index (Phi) is 2.92. The predicted molar refractivity (Wildman–Crippen MR) is 50.9 cm³/mol. The van der Waals surface area contributed by atoms with Gasteiger partial charge in [-0.1, -0.05) is 0 Å². The van der Waals surface area contributed by atoms with E-state index < -0.39 is 24.1 Å². The summed E-state index contributed by atoms with van der Waals surface area (Å²) in [5, 5.41) is 0. The molecule has 0 bridgehead atoms. The van der Waals surface area contributed by atoms with Crippen molar-refractivity contribution in [3.05, 3.63) is 23.9 Å². The molecule has 1 aliphatic heterocycles. The van der Waals surface area contributed by atoms with Gasteiger partial charge >= 0.3 is 6.18 Å². The number of alkyl halides is 5. The smallest absolute Gasteiger partial charge is 0.355 e. The SMILES string of the molecule is FC(F)C1CN(c2ncccc2C(F)(F)F)C1. The zero-order valence-corrected chi connectivity index (χ0v) is 8.59. The fourth-order valence-electron chi connectivity index (χ4n) is 1.72. The molecule has 2 nitrogen and oxygen atoms in total. The highest BCUT2D eigenvalue weighted by Crippen LogP contribution is 2.38. The van der Waals surface area contributed by atoms with Gasteiger partial charge in [-0.2, -0.15) is 13.2 Å². The largest absolute Gasteiger partial charge is 0.419 e. The first-order chi connectivity index (χ1) is 7.89. The Morgan fingerprint density at radius 2 is 1.94 bits per heavy atom. The Balaban J connectivity index is 2.18. The van der Waals surface area contributed by atoms with Gasteiger partial charge in [0.25, 0.3) is 0 Å². The molecule has 0 radical (unpaired) electrons. The van der Waals surface area contributed by atoms with Gasteiger partial charge in [0, 0.05) is 19.3 Å². The third-order valence-electron chi connectivity index (χ3n) is 2.66. The molecule has 94 valence electrons. The lowest BCUT2D eigenvalue weighted by Gasteiger charge is -2.40. The van der Waals surface area contributed by atoms with E-state index in [0.717, 1.165) is 6.07 Å². The Labute approximate surface area is 94.1 Å². The van der Waals surface area contributed by atoms with E-state index in [1.165, 1.54) is 17.2 Å². The van der Waals surface area contributed by atoms with Gasteiger partial charge in [-0.15, -0.1) is 0 Å². The molecule has 1 aliphatic rings. The van der Waals surface area contributed by atoms with Crippen LogP contribution in [0.2, 0.25) is 0 Å². The average molecular weight is 252 g/mol. The number of aromatic nitrogens is 1. The molecule has 2 rings (SSSR count). The zero-order valence-electron chi connectivity index (χ0n) is 8.59. The summed E-state index contributed by atoms with van der Waals surface area (Å²) in [5.74, 6) is -1.13. The van der Waals surface area contributed by atoms with E-state index in [4.69, 9.17) is 0 Å². The summed E-state index contributed by atoms with van der Waals surface area (Å²) in [4.78, 5) is 4.84. The Morgan fingerprint density at radius 1 is 1.29 bits per heavy atom. The molecule has 1 aromatic heterocycles. The maximum Gasteiger partial charge on any atom is 0.419 e. The van der Waals surface area contributed by atoms with Crippen molar-refractivity contribution in [2.45, 2.75) is 12.6 Å². The average Bonchev–Trinajstić information content (AvgIpc) is 2.13. The quantitative estimate of drug-likeness (QED) is 0.752. The summed E-state index contributed by atoms with van der Waals surface area (Å²) in [6.45, 7) is -0.171. The molecule has 0 aliphatic carbocycles. The minimum Gasteiger partial charge on any atom is -0.355 e. The second-order valence-corrected chi connectivity index (χ2v) is 3.87. The minimum absolute atomic E-state index is 0.0856. The van der Waals surface area contributed by atoms with E-state index in [1.807, 2.05) is 0 Å². The molecular formula is C10H9F5N2. The number of hydrogen-bond donors (Lipinski definition) is 0. The lowest BCUT2D eigenvalue weighted by Crippen LogP contribution is -2.51. The molecule has 1 fully saturated rings. The number of pyridine rings is 1. The molecule has 0 unspecified atom stereocenters. The molecule has 0 amide bonds. The lowest BCUT2D eigenvalue weighted by molar-refractivity contribution is -0.137. The van der Waals surface area contributed by atoms with Crippen LogP contribution in [0.5, 0.6) is 0 Å². The van der Waals surface area contributed by atoms with Crippen LogP contribution in [0.3, 0.4) is 0 Å². The molecular weight excluding hydrogens is 243 g/mol. The lowest BCUT2D eigenvalue weighted by atomic mass is 10.00. The van der Waals surface area contributed by atoms with Crippen LogP contribution >= 0.6 is 0 Å². The van der Waals surface area contributed by atoms with Gasteiger partial charge in [0.05, 0.1) is 11.5 Å². The molecule has 0 spiro atoms. The molecule has 0 N–H and O–H groups in total. The number of anilines is 1. The number of hydrogen-bond acceptors (Lipinski definition) is 2. The topological polar surface area (TPSA) is 16.1 Å². The van der Waals surface area contributed by atoms with E-state index in [0.29, 0.717) is 0 Å². The van der Waals surface area contributed by atoms with Gasteiger partial charge in [0.2, 0.25) is 6.43 Å². The van der Waals surface area contributed by atoms with Crippen LogP contribution in [0.1, 0.15) is 5.56 Å². The summed E-state index contributed by atoms with van der Waals surface area (Å²) in [6.07, 6.45) is -5.79. The molecule has 17 heavy (non-hydrogen) atoms. The van der Waals surface area contributed by atoms with Crippen LogP contribution in [0.4, 0.5) is 27.8 Å². The second kappa shape index (κ2) is 4.12. The van der Waals surface area contributed by atoms with Gasteiger partial charge < -0.3 is 4.90 Å². The number of rotatable bonds is 2. The molecule has 1 saturated heterocycles. The highest BCUT2D eigenvalue weighted by Gasteiger charge is 2.40. The van der Waals surface area contributed by atoms with Gasteiger partial charge in [0.15, 0.2) is 0 Å². The number of halogens is 5. The molecule has 1 aromatic rings. The summed E-state index contributed by atoms with van der Waals surface area (Å²) in [7, 11) is 0. The highest BCUT2D eigenvalue weighted by molar-refractivity contribution is 5.50. The minimum atomic E-state index is -4.51. The van der Waals surface area contributed by atoms with Gasteiger partial charge in [0.1, 0.15) is 5.82 Å². The van der Waals surface area contributed by atoms with Crippen LogP contribution in [-0.2, 0) is 6.18 Å². The molecule has 0 aromatic carbocycles. The molecule has 7 heteroatoms. The van der Waals surface area contributed by atoms with E-state index >= 15 is 0 Å². The first-order valence-electron chi connectivity index (χ1n) is 4.95. The molecule has 0 atom stereocenters. The Morgan fingerprint density at radius 3 is 2.47 bits per heavy atom. The van der Waals surface area contributed by atoms with Gasteiger partial charge in [-0.3, -0.25) is 0 Å². The molecule has 2 heterocycles. The van der Waals surface area contributed by atoms with Crippen LogP contribution in [0.25, 0.3) is 0 Å². The van der Waals surface area contributed by atoms with Gasteiger partial charge in [-0.25, -0.2) is 13.8 Å². The van der Waals surface area contributed by atoms with Crippen LogP contribution < -0.4 is 4.90 Å². The first-order valence-corrected chi connectivity index (χ1v) is 4.95. The summed E-state index contributed by atoms with van der Waals surface area (Å²) in [6, 6.07) is 2.08. The van der Waals surface area contributed by atoms with E-state index in [-0.39, 0.29) is 18.9 Å².